The molecule has 0 unspecified atom stereocenters. The van der Waals surface area contributed by atoms with Crippen molar-refractivity contribution in [1.29, 1.82) is 0 Å². The van der Waals surface area contributed by atoms with Crippen molar-refractivity contribution >= 4 is 17.5 Å². The van der Waals surface area contributed by atoms with Crippen molar-refractivity contribution < 1.29 is 18.4 Å². The molecule has 1 heterocycles. The molecule has 1 atom stereocenters. The predicted octanol–water partition coefficient (Wildman–Crippen LogP) is 3.51. The van der Waals surface area contributed by atoms with Crippen molar-refractivity contribution in [2.24, 2.45) is 0 Å². The van der Waals surface area contributed by atoms with Gasteiger partial charge in [0.25, 0.3) is 0 Å². The Hall–Kier alpha value is -2.76. The summed E-state index contributed by atoms with van der Waals surface area (Å²) in [6.45, 7) is -0.0323. The standard InChI is InChI=1S/C20H20F2N2O2/c1-23(15-7-3-2-4-8-15)19(26)12-16-10-11-18(25)24(16)13-14-6-5-9-17(21)20(14)22/h2-9,16H,10-13H2,1H3/t16-/m1/s1. The monoisotopic (exact) mass is 358 g/mol. The van der Waals surface area contributed by atoms with Gasteiger partial charge in [-0.25, -0.2) is 8.78 Å². The molecule has 0 spiro atoms. The Morgan fingerprint density at radius 3 is 2.62 bits per heavy atom. The number of nitrogens with zero attached hydrogens (tertiary/aromatic N) is 2. The molecule has 1 fully saturated rings. The number of para-hydroxylation sites is 1. The third-order valence-electron chi connectivity index (χ3n) is 4.75. The molecule has 2 aromatic rings. The van der Waals surface area contributed by atoms with Crippen LogP contribution in [0.2, 0.25) is 0 Å². The number of anilines is 1. The van der Waals surface area contributed by atoms with Crippen molar-refractivity contribution in [1.82, 2.24) is 4.90 Å². The fourth-order valence-corrected chi connectivity index (χ4v) is 3.21. The molecule has 0 aromatic heterocycles. The second kappa shape index (κ2) is 7.64. The molecule has 1 aliphatic heterocycles. The SMILES string of the molecule is CN(C(=O)C[C@H]1CCC(=O)N1Cc1cccc(F)c1F)c1ccccc1. The lowest BCUT2D eigenvalue weighted by atomic mass is 10.1. The molecule has 1 saturated heterocycles. The van der Waals surface area contributed by atoms with Gasteiger partial charge in [-0.1, -0.05) is 30.3 Å². The van der Waals surface area contributed by atoms with Crippen molar-refractivity contribution in [3.8, 4) is 0 Å². The van der Waals surface area contributed by atoms with Gasteiger partial charge in [0, 0.05) is 43.7 Å². The van der Waals surface area contributed by atoms with Gasteiger partial charge in [-0.15, -0.1) is 0 Å². The Morgan fingerprint density at radius 2 is 1.88 bits per heavy atom. The highest BCUT2D eigenvalue weighted by atomic mass is 19.2. The van der Waals surface area contributed by atoms with Crippen LogP contribution < -0.4 is 4.90 Å². The van der Waals surface area contributed by atoms with E-state index in [0.29, 0.717) is 12.8 Å². The summed E-state index contributed by atoms with van der Waals surface area (Å²) in [5.41, 5.74) is 0.888. The summed E-state index contributed by atoms with van der Waals surface area (Å²) in [6.07, 6.45) is 0.988. The average molecular weight is 358 g/mol. The largest absolute Gasteiger partial charge is 0.335 e. The van der Waals surface area contributed by atoms with Crippen LogP contribution >= 0.6 is 0 Å². The van der Waals surface area contributed by atoms with Crippen molar-refractivity contribution in [3.05, 3.63) is 65.7 Å². The first-order valence-electron chi connectivity index (χ1n) is 8.51. The molecule has 0 aliphatic carbocycles. The zero-order valence-corrected chi connectivity index (χ0v) is 14.5. The van der Waals surface area contributed by atoms with Crippen LogP contribution in [-0.4, -0.2) is 29.8 Å². The van der Waals surface area contributed by atoms with Gasteiger partial charge in [0.2, 0.25) is 11.8 Å². The summed E-state index contributed by atoms with van der Waals surface area (Å²) in [7, 11) is 1.69. The summed E-state index contributed by atoms with van der Waals surface area (Å²) in [5.74, 6) is -2.15. The molecule has 26 heavy (non-hydrogen) atoms. The number of likely N-dealkylation sites (tertiary alicyclic amines) is 1. The highest BCUT2D eigenvalue weighted by Gasteiger charge is 2.33. The molecule has 6 heteroatoms. The first kappa shape index (κ1) is 18.0. The lowest BCUT2D eigenvalue weighted by Crippen LogP contribution is -2.38. The third-order valence-corrected chi connectivity index (χ3v) is 4.75. The summed E-state index contributed by atoms with van der Waals surface area (Å²) >= 11 is 0. The maximum atomic E-state index is 13.9. The smallest absolute Gasteiger partial charge is 0.228 e. The molecular weight excluding hydrogens is 338 g/mol. The van der Waals surface area contributed by atoms with E-state index in [1.54, 1.807) is 11.9 Å². The van der Waals surface area contributed by atoms with Crippen LogP contribution in [0.25, 0.3) is 0 Å². The van der Waals surface area contributed by atoms with E-state index >= 15 is 0 Å². The fourth-order valence-electron chi connectivity index (χ4n) is 3.21. The molecule has 0 radical (unpaired) electrons. The van der Waals surface area contributed by atoms with Gasteiger partial charge in [-0.05, 0) is 24.6 Å². The van der Waals surface area contributed by atoms with E-state index < -0.39 is 11.6 Å². The molecular formula is C20H20F2N2O2. The van der Waals surface area contributed by atoms with Gasteiger partial charge >= 0.3 is 0 Å². The second-order valence-electron chi connectivity index (χ2n) is 6.42. The molecule has 1 aliphatic rings. The minimum Gasteiger partial charge on any atom is -0.335 e. The van der Waals surface area contributed by atoms with E-state index in [4.69, 9.17) is 0 Å². The molecule has 4 nitrogen and oxygen atoms in total. The number of hydrogen-bond acceptors (Lipinski definition) is 2. The summed E-state index contributed by atoms with van der Waals surface area (Å²) in [4.78, 5) is 27.8. The van der Waals surface area contributed by atoms with Gasteiger partial charge in [-0.3, -0.25) is 9.59 Å². The van der Waals surface area contributed by atoms with Crippen LogP contribution in [0.1, 0.15) is 24.8 Å². The number of benzene rings is 2. The van der Waals surface area contributed by atoms with Gasteiger partial charge in [0.15, 0.2) is 11.6 Å². The Labute approximate surface area is 151 Å². The van der Waals surface area contributed by atoms with Crippen LogP contribution in [0.15, 0.2) is 48.5 Å². The van der Waals surface area contributed by atoms with E-state index in [9.17, 15) is 18.4 Å². The van der Waals surface area contributed by atoms with Crippen LogP contribution in [0.3, 0.4) is 0 Å². The van der Waals surface area contributed by atoms with Crippen LogP contribution in [0.5, 0.6) is 0 Å². The first-order valence-corrected chi connectivity index (χ1v) is 8.51. The number of halogens is 2. The molecule has 136 valence electrons. The summed E-state index contributed by atoms with van der Waals surface area (Å²) in [5, 5.41) is 0. The number of amides is 2. The number of carbonyl (C=O) groups excluding carboxylic acids is 2. The van der Waals surface area contributed by atoms with E-state index in [1.165, 1.54) is 17.0 Å². The van der Waals surface area contributed by atoms with Gasteiger partial charge < -0.3 is 9.80 Å². The molecule has 2 amide bonds. The zero-order chi connectivity index (χ0) is 18.7. The van der Waals surface area contributed by atoms with Gasteiger partial charge in [0.1, 0.15) is 0 Å². The summed E-state index contributed by atoms with van der Waals surface area (Å²) in [6, 6.07) is 12.8. The Bertz CT molecular complexity index is 811. The Balaban J connectivity index is 1.71. The number of carbonyl (C=O) groups is 2. The lowest BCUT2D eigenvalue weighted by molar-refractivity contribution is -0.130. The first-order chi connectivity index (χ1) is 12.5. The van der Waals surface area contributed by atoms with Crippen molar-refractivity contribution in [3.63, 3.8) is 0 Å². The maximum Gasteiger partial charge on any atom is 0.228 e. The molecule has 2 aromatic carbocycles. The Morgan fingerprint density at radius 1 is 1.15 bits per heavy atom. The van der Waals surface area contributed by atoms with Crippen molar-refractivity contribution in [2.75, 3.05) is 11.9 Å². The van der Waals surface area contributed by atoms with E-state index in [1.807, 2.05) is 30.3 Å². The van der Waals surface area contributed by atoms with Crippen LogP contribution in [0, 0.1) is 11.6 Å². The lowest BCUT2D eigenvalue weighted by Gasteiger charge is -2.27. The van der Waals surface area contributed by atoms with Crippen LogP contribution in [0.4, 0.5) is 14.5 Å². The number of hydrogen-bond donors (Lipinski definition) is 0. The highest BCUT2D eigenvalue weighted by Crippen LogP contribution is 2.26. The van der Waals surface area contributed by atoms with E-state index in [-0.39, 0.29) is 36.4 Å². The summed E-state index contributed by atoms with van der Waals surface area (Å²) < 4.78 is 27.3. The molecule has 3 rings (SSSR count). The van der Waals surface area contributed by atoms with Gasteiger partial charge in [0.05, 0.1) is 0 Å². The third kappa shape index (κ3) is 3.74. The van der Waals surface area contributed by atoms with Gasteiger partial charge in [-0.2, -0.15) is 0 Å². The highest BCUT2D eigenvalue weighted by molar-refractivity contribution is 5.93. The van der Waals surface area contributed by atoms with Crippen molar-refractivity contribution in [2.45, 2.75) is 31.8 Å². The Kier molecular flexibility index (Phi) is 5.30. The van der Waals surface area contributed by atoms with E-state index in [2.05, 4.69) is 0 Å². The van der Waals surface area contributed by atoms with E-state index in [0.717, 1.165) is 11.8 Å². The number of rotatable bonds is 5. The normalized spacial score (nSPS) is 16.8. The fraction of sp³-hybridized carbons (Fsp3) is 0.300. The minimum absolute atomic E-state index is 0.0323. The topological polar surface area (TPSA) is 40.6 Å². The van der Waals surface area contributed by atoms with Crippen LogP contribution in [-0.2, 0) is 16.1 Å². The average Bonchev–Trinajstić information content (AvgIpc) is 2.98. The maximum absolute atomic E-state index is 13.9. The second-order valence-corrected chi connectivity index (χ2v) is 6.42. The molecule has 0 saturated carbocycles. The minimum atomic E-state index is -0.946. The zero-order valence-electron chi connectivity index (χ0n) is 14.5. The molecule has 0 N–H and O–H groups in total. The molecule has 0 bridgehead atoms. The quantitative estimate of drug-likeness (QED) is 0.821. The predicted molar refractivity (Wildman–Crippen MR) is 94.4 cm³/mol.